The molecule has 0 saturated heterocycles. The molecule has 2 aliphatic rings. The summed E-state index contributed by atoms with van der Waals surface area (Å²) in [5, 5.41) is 0. The Kier molecular flexibility index (Phi) is 9.74. The molecule has 2 rings (SSSR count). The Hall–Kier alpha value is -1.48. The van der Waals surface area contributed by atoms with Gasteiger partial charge < -0.3 is 18.9 Å². The van der Waals surface area contributed by atoms with Crippen molar-refractivity contribution in [3.63, 3.8) is 0 Å². The van der Waals surface area contributed by atoms with Crippen LogP contribution in [-0.4, -0.2) is 99.7 Å². The smallest absolute Gasteiger partial charge is 0.198 e. The Morgan fingerprint density at radius 2 is 1.13 bits per heavy atom. The summed E-state index contributed by atoms with van der Waals surface area (Å²) in [6.07, 6.45) is 5.75. The molecule has 0 amide bonds. The molecule has 8 heteroatoms. The van der Waals surface area contributed by atoms with E-state index in [4.69, 9.17) is 28.9 Å². The van der Waals surface area contributed by atoms with Gasteiger partial charge in [-0.05, 0) is 40.5 Å². The van der Waals surface area contributed by atoms with Gasteiger partial charge in [0.2, 0.25) is 0 Å². The average Bonchev–Trinajstić information content (AvgIpc) is 2.74. The summed E-state index contributed by atoms with van der Waals surface area (Å²) >= 11 is 0. The molecule has 0 saturated carbocycles. The number of hydrogen-bond acceptors (Lipinski definition) is 8. The molecule has 0 spiro atoms. The van der Waals surface area contributed by atoms with Crippen molar-refractivity contribution in [2.75, 3.05) is 41.5 Å². The van der Waals surface area contributed by atoms with Crippen LogP contribution in [0.1, 0.15) is 40.5 Å². The number of nitrogens with zero attached hydrogens (tertiary/aromatic N) is 4. The molecule has 8 nitrogen and oxygen atoms in total. The summed E-state index contributed by atoms with van der Waals surface area (Å²) < 4.78 is 22.5. The van der Waals surface area contributed by atoms with Crippen LogP contribution in [0, 0.1) is 0 Å². The Morgan fingerprint density at radius 1 is 0.767 bits per heavy atom. The predicted octanol–water partition coefficient (Wildman–Crippen LogP) is 2.54. The van der Waals surface area contributed by atoms with Crippen molar-refractivity contribution in [3.8, 4) is 0 Å². The largest absolute Gasteiger partial charge is 0.483 e. The molecule has 2 heterocycles. The molecule has 0 aromatic rings. The van der Waals surface area contributed by atoms with Crippen molar-refractivity contribution in [1.29, 1.82) is 0 Å². The van der Waals surface area contributed by atoms with Gasteiger partial charge in [0, 0.05) is 26.3 Å². The van der Waals surface area contributed by atoms with Gasteiger partial charge in [0.1, 0.15) is 12.5 Å². The van der Waals surface area contributed by atoms with E-state index in [1.807, 2.05) is 0 Å². The fourth-order valence-corrected chi connectivity index (χ4v) is 4.10. The highest BCUT2D eigenvalue weighted by Crippen LogP contribution is 2.23. The summed E-state index contributed by atoms with van der Waals surface area (Å²) in [7, 11) is 6.85. The number of rotatable bonds is 8. The minimum Gasteiger partial charge on any atom is -0.483 e. The van der Waals surface area contributed by atoms with Crippen molar-refractivity contribution in [2.24, 2.45) is 9.98 Å². The molecule has 2 aliphatic heterocycles. The average molecular weight is 425 g/mol. The lowest BCUT2D eigenvalue weighted by atomic mass is 10.1. The molecule has 4 unspecified atom stereocenters. The highest BCUT2D eigenvalue weighted by molar-refractivity contribution is 5.79. The fourth-order valence-electron chi connectivity index (χ4n) is 4.10. The van der Waals surface area contributed by atoms with Crippen LogP contribution in [0.2, 0.25) is 0 Å². The van der Waals surface area contributed by atoms with E-state index in [1.54, 1.807) is 28.4 Å². The lowest BCUT2D eigenvalue weighted by molar-refractivity contribution is -0.0640. The second-order valence-electron chi connectivity index (χ2n) is 8.32. The molecule has 0 fully saturated rings. The van der Waals surface area contributed by atoms with Gasteiger partial charge in [0.15, 0.2) is 11.8 Å². The van der Waals surface area contributed by atoms with Crippen molar-refractivity contribution in [2.45, 2.75) is 77.2 Å². The number of hydrogen-bond donors (Lipinski definition) is 0. The second kappa shape index (κ2) is 11.8. The zero-order chi connectivity index (χ0) is 22.3. The van der Waals surface area contributed by atoms with Crippen molar-refractivity contribution < 1.29 is 18.9 Å². The van der Waals surface area contributed by atoms with Gasteiger partial charge in [-0.15, -0.1) is 0 Å². The molecule has 0 aromatic carbocycles. The Bertz CT molecular complexity index is 568. The molecular formula is C22H40N4O4. The van der Waals surface area contributed by atoms with E-state index in [2.05, 4.69) is 49.6 Å². The molecule has 0 N–H and O–H groups in total. The third-order valence-electron chi connectivity index (χ3n) is 5.77. The number of ether oxygens (including phenoxy) is 4. The van der Waals surface area contributed by atoms with Gasteiger partial charge in [0.25, 0.3) is 0 Å². The van der Waals surface area contributed by atoms with E-state index in [0.717, 1.165) is 24.6 Å². The summed E-state index contributed by atoms with van der Waals surface area (Å²) in [5.74, 6) is 1.51. The first-order valence-corrected chi connectivity index (χ1v) is 10.8. The van der Waals surface area contributed by atoms with Crippen LogP contribution in [0.4, 0.5) is 0 Å². The van der Waals surface area contributed by atoms with Crippen molar-refractivity contribution in [3.05, 3.63) is 12.2 Å². The van der Waals surface area contributed by atoms with Gasteiger partial charge in [-0.2, -0.15) is 0 Å². The first-order chi connectivity index (χ1) is 14.4. The summed E-state index contributed by atoms with van der Waals surface area (Å²) in [6, 6.07) is 0.672. The Balaban J connectivity index is 2.07. The van der Waals surface area contributed by atoms with E-state index in [1.165, 1.54) is 0 Å². The predicted molar refractivity (Wildman–Crippen MR) is 120 cm³/mol. The molecule has 30 heavy (non-hydrogen) atoms. The first kappa shape index (κ1) is 24.8. The zero-order valence-corrected chi connectivity index (χ0v) is 19.9. The van der Waals surface area contributed by atoms with Crippen LogP contribution >= 0.6 is 0 Å². The Labute approximate surface area is 181 Å². The Morgan fingerprint density at radius 3 is 1.40 bits per heavy atom. The molecule has 4 atom stereocenters. The minimum atomic E-state index is -0.0653. The molecule has 0 aliphatic carbocycles. The summed E-state index contributed by atoms with van der Waals surface area (Å²) in [5.41, 5.74) is 0. The zero-order valence-electron chi connectivity index (χ0n) is 19.9. The maximum absolute atomic E-state index is 5.79. The maximum Gasteiger partial charge on any atom is 0.198 e. The molecular weight excluding hydrogens is 384 g/mol. The quantitative estimate of drug-likeness (QED) is 0.558. The van der Waals surface area contributed by atoms with Crippen LogP contribution < -0.4 is 0 Å². The van der Waals surface area contributed by atoms with E-state index < -0.39 is 0 Å². The molecule has 0 radical (unpaired) electrons. The first-order valence-electron chi connectivity index (χ1n) is 10.8. The standard InChI is InChI=1S/C22H40N4O4/c1-15(2)25-13-19(27-5)23-17(21(25)29-7)11-9-10-12-18-22(30-8)26(16(3)4)14-20(24-18)28-6/h9-10,15-18,21-22H,11-14H2,1-8H3. The SMILES string of the molecule is COC1=NC(CC=CCC2N=C(OC)CN(C(C)C)C2OC)C(OC)N(C(C)C)C1. The van der Waals surface area contributed by atoms with Gasteiger partial charge in [0.05, 0.1) is 39.4 Å². The van der Waals surface area contributed by atoms with E-state index >= 15 is 0 Å². The third-order valence-corrected chi connectivity index (χ3v) is 5.77. The van der Waals surface area contributed by atoms with Crippen LogP contribution in [0.25, 0.3) is 0 Å². The van der Waals surface area contributed by atoms with Crippen molar-refractivity contribution in [1.82, 2.24) is 9.80 Å². The molecule has 0 bridgehead atoms. The van der Waals surface area contributed by atoms with E-state index in [-0.39, 0.29) is 24.5 Å². The van der Waals surface area contributed by atoms with Gasteiger partial charge in [-0.1, -0.05) is 12.2 Å². The second-order valence-corrected chi connectivity index (χ2v) is 8.32. The monoisotopic (exact) mass is 424 g/mol. The number of aliphatic imine (C=N–C) groups is 2. The van der Waals surface area contributed by atoms with Gasteiger partial charge >= 0.3 is 0 Å². The number of methoxy groups -OCH3 is 4. The van der Waals surface area contributed by atoms with Crippen LogP contribution in [0.5, 0.6) is 0 Å². The summed E-state index contributed by atoms with van der Waals surface area (Å²) in [6.45, 7) is 10.00. The van der Waals surface area contributed by atoms with Crippen molar-refractivity contribution >= 4 is 11.8 Å². The van der Waals surface area contributed by atoms with E-state index in [9.17, 15) is 0 Å². The fraction of sp³-hybridized carbons (Fsp3) is 0.818. The third kappa shape index (κ3) is 6.03. The van der Waals surface area contributed by atoms with E-state index in [0.29, 0.717) is 25.2 Å². The highest BCUT2D eigenvalue weighted by Gasteiger charge is 2.35. The molecule has 172 valence electrons. The lowest BCUT2D eigenvalue weighted by Crippen LogP contribution is -2.53. The minimum absolute atomic E-state index is 0.00729. The van der Waals surface area contributed by atoms with Crippen LogP contribution in [0.3, 0.4) is 0 Å². The maximum atomic E-state index is 5.79. The van der Waals surface area contributed by atoms with Crippen LogP contribution in [0.15, 0.2) is 22.1 Å². The van der Waals surface area contributed by atoms with Crippen LogP contribution in [-0.2, 0) is 18.9 Å². The normalized spacial score (nSPS) is 28.9. The molecule has 0 aromatic heterocycles. The van der Waals surface area contributed by atoms with Gasteiger partial charge in [-0.25, -0.2) is 9.98 Å². The lowest BCUT2D eigenvalue weighted by Gasteiger charge is -2.40. The summed E-state index contributed by atoms with van der Waals surface area (Å²) in [4.78, 5) is 14.1. The highest BCUT2D eigenvalue weighted by atomic mass is 16.5. The topological polar surface area (TPSA) is 68.1 Å². The van der Waals surface area contributed by atoms with Gasteiger partial charge in [-0.3, -0.25) is 9.80 Å².